The highest BCUT2D eigenvalue weighted by atomic mass is 16.5. The van der Waals surface area contributed by atoms with Gasteiger partial charge >= 0.3 is 0 Å². The maximum absolute atomic E-state index is 5.65. The normalized spacial score (nSPS) is 19.4. The first kappa shape index (κ1) is 11.5. The minimum atomic E-state index is 0.402. The Kier molecular flexibility index (Phi) is 5.62. The van der Waals surface area contributed by atoms with Gasteiger partial charge in [-0.3, -0.25) is 4.90 Å². The average Bonchev–Trinajstić information content (AvgIpc) is 2.21. The van der Waals surface area contributed by atoms with Gasteiger partial charge in [0, 0.05) is 20.2 Å². The molecule has 14 heavy (non-hydrogen) atoms. The van der Waals surface area contributed by atoms with Gasteiger partial charge in [0.05, 0.1) is 25.9 Å². The number of methoxy groups -OCH3 is 1. The second-order valence-corrected chi connectivity index (χ2v) is 3.54. The van der Waals surface area contributed by atoms with E-state index >= 15 is 0 Å². The van der Waals surface area contributed by atoms with Crippen LogP contribution in [0.1, 0.15) is 12.8 Å². The van der Waals surface area contributed by atoms with Crippen LogP contribution in [0.5, 0.6) is 0 Å². The van der Waals surface area contributed by atoms with Gasteiger partial charge in [0.2, 0.25) is 0 Å². The number of piperidine rings is 1. The minimum absolute atomic E-state index is 0.402. The summed E-state index contributed by atoms with van der Waals surface area (Å²) < 4.78 is 10.6. The predicted octanol–water partition coefficient (Wildman–Crippen LogP) is 0.747. The zero-order valence-corrected chi connectivity index (χ0v) is 8.87. The van der Waals surface area contributed by atoms with Crippen molar-refractivity contribution in [3.05, 3.63) is 0 Å². The van der Waals surface area contributed by atoms with Crippen molar-refractivity contribution in [3.63, 3.8) is 0 Å². The van der Waals surface area contributed by atoms with Gasteiger partial charge in [0.15, 0.2) is 0 Å². The van der Waals surface area contributed by atoms with Crippen LogP contribution in [0.15, 0.2) is 0 Å². The molecule has 0 spiro atoms. The van der Waals surface area contributed by atoms with Crippen LogP contribution >= 0.6 is 0 Å². The second-order valence-electron chi connectivity index (χ2n) is 3.54. The first-order chi connectivity index (χ1) is 6.86. The summed E-state index contributed by atoms with van der Waals surface area (Å²) in [4.78, 5) is 2.29. The van der Waals surface area contributed by atoms with Gasteiger partial charge in [0.25, 0.3) is 0 Å². The zero-order valence-electron chi connectivity index (χ0n) is 8.87. The van der Waals surface area contributed by atoms with Gasteiger partial charge in [-0.1, -0.05) is 5.92 Å². The summed E-state index contributed by atoms with van der Waals surface area (Å²) in [7, 11) is 1.69. The highest BCUT2D eigenvalue weighted by Gasteiger charge is 2.18. The lowest BCUT2D eigenvalue weighted by Crippen LogP contribution is -2.37. The van der Waals surface area contributed by atoms with E-state index < -0.39 is 0 Å². The van der Waals surface area contributed by atoms with Crippen LogP contribution in [0.25, 0.3) is 0 Å². The molecule has 1 rings (SSSR count). The molecular formula is C11H19NO2. The molecule has 1 saturated heterocycles. The molecular weight excluding hydrogens is 178 g/mol. The van der Waals surface area contributed by atoms with Crippen molar-refractivity contribution >= 4 is 0 Å². The summed E-state index contributed by atoms with van der Waals surface area (Å²) in [5, 5.41) is 0. The van der Waals surface area contributed by atoms with E-state index in [2.05, 4.69) is 10.8 Å². The average molecular weight is 197 g/mol. The minimum Gasteiger partial charge on any atom is -0.382 e. The molecule has 0 aliphatic carbocycles. The van der Waals surface area contributed by atoms with E-state index in [9.17, 15) is 0 Å². The van der Waals surface area contributed by atoms with E-state index in [0.717, 1.165) is 32.5 Å². The summed E-state index contributed by atoms with van der Waals surface area (Å²) in [6.07, 6.45) is 7.83. The van der Waals surface area contributed by atoms with E-state index in [1.807, 2.05) is 0 Å². The molecule has 80 valence electrons. The van der Waals surface area contributed by atoms with E-state index in [1.54, 1.807) is 7.11 Å². The molecule has 1 aliphatic rings. The lowest BCUT2D eigenvalue weighted by molar-refractivity contribution is -0.0128. The van der Waals surface area contributed by atoms with Crippen LogP contribution in [-0.4, -0.2) is 51.0 Å². The van der Waals surface area contributed by atoms with Crippen LogP contribution in [0, 0.1) is 12.3 Å². The molecule has 0 N–H and O–H groups in total. The molecule has 0 atom stereocenters. The van der Waals surface area contributed by atoms with Crippen molar-refractivity contribution in [1.29, 1.82) is 0 Å². The van der Waals surface area contributed by atoms with Crippen LogP contribution in [0.3, 0.4) is 0 Å². The third-order valence-electron chi connectivity index (χ3n) is 2.49. The number of hydrogen-bond acceptors (Lipinski definition) is 3. The van der Waals surface area contributed by atoms with Gasteiger partial charge < -0.3 is 9.47 Å². The molecule has 3 heteroatoms. The second kappa shape index (κ2) is 6.83. The van der Waals surface area contributed by atoms with Crippen molar-refractivity contribution in [2.75, 3.05) is 40.0 Å². The maximum atomic E-state index is 5.65. The summed E-state index contributed by atoms with van der Waals surface area (Å²) >= 11 is 0. The quantitative estimate of drug-likeness (QED) is 0.479. The summed E-state index contributed by atoms with van der Waals surface area (Å²) in [5.41, 5.74) is 0. The number of rotatable bonds is 5. The number of likely N-dealkylation sites (tertiary alicyclic amines) is 1. The number of nitrogens with zero attached hydrogens (tertiary/aromatic N) is 1. The summed E-state index contributed by atoms with van der Waals surface area (Å²) in [6, 6.07) is 0. The Morgan fingerprint density at radius 1 is 1.36 bits per heavy atom. The Morgan fingerprint density at radius 3 is 2.64 bits per heavy atom. The maximum Gasteiger partial charge on any atom is 0.0704 e. The van der Waals surface area contributed by atoms with E-state index in [0.29, 0.717) is 19.3 Å². The Labute approximate surface area is 86.4 Å². The highest BCUT2D eigenvalue weighted by Crippen LogP contribution is 2.12. The molecule has 0 saturated carbocycles. The van der Waals surface area contributed by atoms with E-state index in [-0.39, 0.29) is 0 Å². The van der Waals surface area contributed by atoms with Crippen molar-refractivity contribution < 1.29 is 9.47 Å². The van der Waals surface area contributed by atoms with Gasteiger partial charge in [-0.15, -0.1) is 6.42 Å². The molecule has 0 bridgehead atoms. The standard InChI is InChI=1S/C11H19NO2/c1-3-6-12-7-4-11(5-8-12)14-10-9-13-2/h1,11H,4-10H2,2H3. The zero-order chi connectivity index (χ0) is 10.2. The molecule has 0 aromatic rings. The molecule has 1 fully saturated rings. The van der Waals surface area contributed by atoms with Crippen molar-refractivity contribution in [3.8, 4) is 12.3 Å². The Hall–Kier alpha value is -0.560. The van der Waals surface area contributed by atoms with Gasteiger partial charge in [0.1, 0.15) is 0 Å². The fraction of sp³-hybridized carbons (Fsp3) is 0.818. The van der Waals surface area contributed by atoms with Crippen molar-refractivity contribution in [2.45, 2.75) is 18.9 Å². The molecule has 0 radical (unpaired) electrons. The van der Waals surface area contributed by atoms with E-state index in [4.69, 9.17) is 15.9 Å². The first-order valence-electron chi connectivity index (χ1n) is 5.13. The Balaban J connectivity index is 2.07. The van der Waals surface area contributed by atoms with Crippen molar-refractivity contribution in [2.24, 2.45) is 0 Å². The SMILES string of the molecule is C#CCN1CCC(OCCOC)CC1. The fourth-order valence-electron chi connectivity index (χ4n) is 1.66. The smallest absolute Gasteiger partial charge is 0.0704 e. The highest BCUT2D eigenvalue weighted by molar-refractivity contribution is 4.89. The third-order valence-corrected chi connectivity index (χ3v) is 2.49. The fourth-order valence-corrected chi connectivity index (χ4v) is 1.66. The molecule has 0 amide bonds. The van der Waals surface area contributed by atoms with Crippen LogP contribution in [-0.2, 0) is 9.47 Å². The topological polar surface area (TPSA) is 21.7 Å². The third kappa shape index (κ3) is 4.10. The molecule has 0 aromatic carbocycles. The summed E-state index contributed by atoms with van der Waals surface area (Å²) in [5.74, 6) is 2.67. The predicted molar refractivity (Wildman–Crippen MR) is 56.1 cm³/mol. The van der Waals surface area contributed by atoms with Crippen LogP contribution in [0.4, 0.5) is 0 Å². The molecule has 0 unspecified atom stereocenters. The van der Waals surface area contributed by atoms with Gasteiger partial charge in [-0.05, 0) is 12.8 Å². The number of ether oxygens (including phenoxy) is 2. The summed E-state index contributed by atoms with van der Waals surface area (Å²) in [6.45, 7) is 4.27. The van der Waals surface area contributed by atoms with Gasteiger partial charge in [-0.25, -0.2) is 0 Å². The monoisotopic (exact) mass is 197 g/mol. The number of hydrogen-bond donors (Lipinski definition) is 0. The molecule has 0 aromatic heterocycles. The molecule has 1 heterocycles. The Bertz CT molecular complexity index is 180. The first-order valence-corrected chi connectivity index (χ1v) is 5.13. The lowest BCUT2D eigenvalue weighted by atomic mass is 10.1. The number of terminal acetylenes is 1. The van der Waals surface area contributed by atoms with Crippen molar-refractivity contribution in [1.82, 2.24) is 4.90 Å². The van der Waals surface area contributed by atoms with Gasteiger partial charge in [-0.2, -0.15) is 0 Å². The van der Waals surface area contributed by atoms with Crippen LogP contribution < -0.4 is 0 Å². The Morgan fingerprint density at radius 2 is 2.07 bits per heavy atom. The molecule has 3 nitrogen and oxygen atoms in total. The largest absolute Gasteiger partial charge is 0.382 e. The van der Waals surface area contributed by atoms with E-state index in [1.165, 1.54) is 0 Å². The van der Waals surface area contributed by atoms with Crippen LogP contribution in [0.2, 0.25) is 0 Å². The molecule has 1 aliphatic heterocycles. The lowest BCUT2D eigenvalue weighted by Gasteiger charge is -2.30.